The highest BCUT2D eigenvalue weighted by molar-refractivity contribution is 6.29. The van der Waals surface area contributed by atoms with E-state index in [0.717, 1.165) is 12.8 Å². The number of alkyl halides is 1. The maximum atomic E-state index is 13.8. The van der Waals surface area contributed by atoms with Crippen molar-refractivity contribution in [2.45, 2.75) is 57.3 Å². The molecule has 2 aliphatic carbocycles. The Morgan fingerprint density at radius 2 is 2.15 bits per heavy atom. The maximum absolute atomic E-state index is 13.8. The van der Waals surface area contributed by atoms with Crippen LogP contribution in [0.4, 0.5) is 10.1 Å². The number of amides is 1. The summed E-state index contributed by atoms with van der Waals surface area (Å²) >= 11 is 5.95. The first-order valence-corrected chi connectivity index (χ1v) is 9.04. The fourth-order valence-corrected chi connectivity index (χ4v) is 3.80. The second-order valence-electron chi connectivity index (χ2n) is 8.03. The molecule has 3 N–H and O–H groups in total. The monoisotopic (exact) mass is 383 g/mol. The van der Waals surface area contributed by atoms with Crippen molar-refractivity contribution in [2.75, 3.05) is 11.9 Å². The number of hydrogen-bond donors (Lipinski definition) is 3. The van der Waals surface area contributed by atoms with E-state index in [4.69, 9.17) is 11.6 Å². The van der Waals surface area contributed by atoms with Crippen LogP contribution in [0.1, 0.15) is 49.9 Å². The zero-order chi connectivity index (χ0) is 19.1. The minimum absolute atomic E-state index is 0.141. The number of ketones is 1. The van der Waals surface area contributed by atoms with Crippen LogP contribution in [0.5, 0.6) is 0 Å². The molecule has 1 aromatic heterocycles. The van der Waals surface area contributed by atoms with Gasteiger partial charge in [-0.05, 0) is 38.2 Å². The summed E-state index contributed by atoms with van der Waals surface area (Å²) in [7, 11) is 0. The van der Waals surface area contributed by atoms with Crippen molar-refractivity contribution in [3.8, 4) is 0 Å². The number of nitrogens with one attached hydrogen (secondary N) is 2. The lowest BCUT2D eigenvalue weighted by Crippen LogP contribution is -2.53. The highest BCUT2D eigenvalue weighted by Crippen LogP contribution is 2.54. The zero-order valence-electron chi connectivity index (χ0n) is 14.8. The van der Waals surface area contributed by atoms with Gasteiger partial charge in [-0.1, -0.05) is 11.6 Å². The summed E-state index contributed by atoms with van der Waals surface area (Å²) in [6.07, 6.45) is 2.80. The number of aliphatic hydroxyl groups is 1. The van der Waals surface area contributed by atoms with E-state index in [1.807, 2.05) is 0 Å². The Morgan fingerprint density at radius 1 is 1.50 bits per heavy atom. The Bertz CT molecular complexity index is 719. The summed E-state index contributed by atoms with van der Waals surface area (Å²) in [5, 5.41) is 15.6. The van der Waals surface area contributed by atoms with E-state index in [-0.39, 0.29) is 28.7 Å². The van der Waals surface area contributed by atoms with E-state index in [0.29, 0.717) is 24.3 Å². The van der Waals surface area contributed by atoms with Gasteiger partial charge in [0.15, 0.2) is 0 Å². The van der Waals surface area contributed by atoms with Gasteiger partial charge in [0.25, 0.3) is 5.91 Å². The van der Waals surface area contributed by atoms with Gasteiger partial charge in [-0.25, -0.2) is 9.37 Å². The van der Waals surface area contributed by atoms with E-state index in [1.165, 1.54) is 20.0 Å². The molecule has 1 spiro atoms. The average Bonchev–Trinajstić information content (AvgIpc) is 2.48. The molecule has 0 radical (unpaired) electrons. The first-order valence-electron chi connectivity index (χ1n) is 8.66. The zero-order valence-corrected chi connectivity index (χ0v) is 15.6. The van der Waals surface area contributed by atoms with Crippen LogP contribution in [0, 0.1) is 5.41 Å². The van der Waals surface area contributed by atoms with Gasteiger partial charge in [-0.15, -0.1) is 0 Å². The summed E-state index contributed by atoms with van der Waals surface area (Å²) in [5.74, 6) is -0.181. The molecule has 0 unspecified atom stereocenters. The molecule has 0 saturated heterocycles. The molecule has 0 aromatic carbocycles. The Hall–Kier alpha value is -1.73. The summed E-state index contributed by atoms with van der Waals surface area (Å²) in [6.45, 7) is 2.38. The summed E-state index contributed by atoms with van der Waals surface area (Å²) in [4.78, 5) is 27.5. The average molecular weight is 384 g/mol. The van der Waals surface area contributed by atoms with Gasteiger partial charge in [-0.3, -0.25) is 9.59 Å². The van der Waals surface area contributed by atoms with Crippen molar-refractivity contribution >= 4 is 29.0 Å². The second kappa shape index (κ2) is 6.78. The first-order chi connectivity index (χ1) is 12.1. The van der Waals surface area contributed by atoms with Gasteiger partial charge in [0.2, 0.25) is 0 Å². The van der Waals surface area contributed by atoms with E-state index in [1.54, 1.807) is 6.07 Å². The van der Waals surface area contributed by atoms with Crippen molar-refractivity contribution in [3.63, 3.8) is 0 Å². The van der Waals surface area contributed by atoms with Crippen LogP contribution in [-0.4, -0.2) is 46.1 Å². The normalized spacial score (nSPS) is 20.3. The van der Waals surface area contributed by atoms with Gasteiger partial charge in [0, 0.05) is 25.1 Å². The van der Waals surface area contributed by atoms with Crippen LogP contribution >= 0.6 is 11.6 Å². The van der Waals surface area contributed by atoms with E-state index < -0.39 is 17.7 Å². The van der Waals surface area contributed by atoms with Crippen LogP contribution in [-0.2, 0) is 4.79 Å². The van der Waals surface area contributed by atoms with E-state index >= 15 is 0 Å². The van der Waals surface area contributed by atoms with Gasteiger partial charge < -0.3 is 15.7 Å². The number of nitrogens with zero attached hydrogens (tertiary/aromatic N) is 1. The molecule has 0 bridgehead atoms. The maximum Gasteiger partial charge on any atom is 0.255 e. The Balaban J connectivity index is 1.62. The lowest BCUT2D eigenvalue weighted by atomic mass is 9.53. The van der Waals surface area contributed by atoms with Gasteiger partial charge in [0.05, 0.1) is 23.4 Å². The van der Waals surface area contributed by atoms with Crippen molar-refractivity contribution in [2.24, 2.45) is 5.41 Å². The largest absolute Gasteiger partial charge is 0.387 e. The molecule has 8 heteroatoms. The number of aromatic nitrogens is 1. The molecule has 1 atom stereocenters. The van der Waals surface area contributed by atoms with Gasteiger partial charge in [0.1, 0.15) is 17.1 Å². The minimum atomic E-state index is -1.59. The Labute approximate surface area is 156 Å². The molecule has 2 aliphatic rings. The predicted octanol–water partition coefficient (Wildman–Crippen LogP) is 2.50. The number of carbonyl (C=O) groups excluding carboxylic acids is 2. The van der Waals surface area contributed by atoms with Crippen LogP contribution in [0.2, 0.25) is 5.15 Å². The fraction of sp³-hybridized carbons (Fsp3) is 0.611. The third-order valence-electron chi connectivity index (χ3n) is 5.19. The molecule has 6 nitrogen and oxygen atoms in total. The predicted molar refractivity (Wildman–Crippen MR) is 96.1 cm³/mol. The molecule has 26 heavy (non-hydrogen) atoms. The number of halogens is 2. The number of rotatable bonds is 6. The summed E-state index contributed by atoms with van der Waals surface area (Å²) < 4.78 is 13.8. The van der Waals surface area contributed by atoms with E-state index in [2.05, 4.69) is 15.6 Å². The van der Waals surface area contributed by atoms with Crippen LogP contribution in [0.15, 0.2) is 12.3 Å². The van der Waals surface area contributed by atoms with Crippen LogP contribution < -0.4 is 10.6 Å². The number of anilines is 1. The first kappa shape index (κ1) is 19.0. The number of carbonyl (C=O) groups is 2. The topological polar surface area (TPSA) is 91.3 Å². The van der Waals surface area contributed by atoms with Crippen molar-refractivity contribution in [1.29, 1.82) is 0 Å². The molecule has 142 valence electrons. The molecule has 2 saturated carbocycles. The quantitative estimate of drug-likeness (QED) is 0.656. The smallest absolute Gasteiger partial charge is 0.255 e. The molecule has 3 rings (SSSR count). The van der Waals surface area contributed by atoms with Gasteiger partial charge in [-0.2, -0.15) is 0 Å². The molecular weight excluding hydrogens is 361 g/mol. The van der Waals surface area contributed by atoms with Crippen LogP contribution in [0.25, 0.3) is 0 Å². The Morgan fingerprint density at radius 3 is 2.73 bits per heavy atom. The standard InChI is InChI=1S/C18H23ClFN3O3/c1-17(2,26)14(20)9-22-16(25)12-8-21-15(19)3-13(12)23-10-4-18(5-10)6-11(24)7-18/h3,8,10,14,26H,4-7,9H2,1-2H3,(H,21,23)(H,22,25)/t14-/m1/s1. The van der Waals surface area contributed by atoms with Crippen molar-refractivity contribution in [1.82, 2.24) is 10.3 Å². The second-order valence-corrected chi connectivity index (χ2v) is 8.41. The number of hydrogen-bond acceptors (Lipinski definition) is 5. The third-order valence-corrected chi connectivity index (χ3v) is 5.39. The SMILES string of the molecule is CC(C)(O)[C@H](F)CNC(=O)c1cnc(Cl)cc1NC1CC2(CC(=O)C2)C1. The summed E-state index contributed by atoms with van der Waals surface area (Å²) in [6, 6.07) is 1.73. The summed E-state index contributed by atoms with van der Waals surface area (Å²) in [5.41, 5.74) is -0.593. The molecule has 0 aliphatic heterocycles. The molecule has 2 fully saturated rings. The van der Waals surface area contributed by atoms with Gasteiger partial charge >= 0.3 is 0 Å². The molecule has 1 amide bonds. The van der Waals surface area contributed by atoms with Crippen molar-refractivity contribution < 1.29 is 19.1 Å². The minimum Gasteiger partial charge on any atom is -0.387 e. The lowest BCUT2D eigenvalue weighted by molar-refractivity contribution is -0.138. The Kier molecular flexibility index (Phi) is 4.96. The molecular formula is C18H23ClFN3O3. The highest BCUT2D eigenvalue weighted by atomic mass is 35.5. The van der Waals surface area contributed by atoms with E-state index in [9.17, 15) is 19.1 Å². The molecule has 1 heterocycles. The highest BCUT2D eigenvalue weighted by Gasteiger charge is 2.52. The van der Waals surface area contributed by atoms with Crippen molar-refractivity contribution in [3.05, 3.63) is 23.0 Å². The van der Waals surface area contributed by atoms with Crippen LogP contribution in [0.3, 0.4) is 0 Å². The lowest BCUT2D eigenvalue weighted by Gasteiger charge is -2.53. The number of pyridine rings is 1. The fourth-order valence-electron chi connectivity index (χ4n) is 3.64. The number of Topliss-reactive ketones (excluding diaryl/α,β-unsaturated/α-hetero) is 1. The third kappa shape index (κ3) is 3.99. The molecule has 1 aromatic rings.